The van der Waals surface area contributed by atoms with Crippen LogP contribution >= 0.6 is 0 Å². The largest absolute Gasteiger partial charge is 0.380 e. The Morgan fingerprint density at radius 1 is 1.39 bits per heavy atom. The molecule has 18 heavy (non-hydrogen) atoms. The fraction of sp³-hybridized carbons (Fsp3) is 0.786. The molecule has 4 heteroatoms. The van der Waals surface area contributed by atoms with E-state index in [1.165, 1.54) is 5.56 Å². The topological polar surface area (TPSA) is 39.1 Å². The Balaban J connectivity index is 2.50. The maximum atomic E-state index is 5.62. The Hall–Kier alpha value is -0.870. The van der Waals surface area contributed by atoms with Crippen LogP contribution < -0.4 is 5.32 Å². The van der Waals surface area contributed by atoms with Crippen molar-refractivity contribution in [3.63, 3.8) is 0 Å². The summed E-state index contributed by atoms with van der Waals surface area (Å²) < 4.78 is 7.47. The lowest BCUT2D eigenvalue weighted by atomic mass is 9.99. The molecule has 0 aliphatic heterocycles. The molecule has 4 nitrogen and oxygen atoms in total. The number of hydrogen-bond acceptors (Lipinski definition) is 3. The van der Waals surface area contributed by atoms with E-state index in [4.69, 9.17) is 4.74 Å². The van der Waals surface area contributed by atoms with Crippen LogP contribution in [0.25, 0.3) is 0 Å². The quantitative estimate of drug-likeness (QED) is 0.733. The number of aromatic nitrogens is 2. The minimum absolute atomic E-state index is 0.312. The Kier molecular flexibility index (Phi) is 6.98. The number of nitrogens with zero attached hydrogens (tertiary/aromatic N) is 2. The molecule has 0 aliphatic rings. The lowest BCUT2D eigenvalue weighted by Gasteiger charge is -2.26. The van der Waals surface area contributed by atoms with Gasteiger partial charge in [-0.15, -0.1) is 0 Å². The molecule has 0 spiro atoms. The van der Waals surface area contributed by atoms with Gasteiger partial charge in [-0.25, -0.2) is 0 Å². The lowest BCUT2D eigenvalue weighted by Crippen LogP contribution is -2.41. The second-order valence-corrected chi connectivity index (χ2v) is 4.79. The summed E-state index contributed by atoms with van der Waals surface area (Å²) >= 11 is 0. The van der Waals surface area contributed by atoms with Crippen LogP contribution in [0.5, 0.6) is 0 Å². The normalized spacial score (nSPS) is 14.7. The van der Waals surface area contributed by atoms with Crippen LogP contribution in [-0.4, -0.2) is 35.6 Å². The van der Waals surface area contributed by atoms with Crippen molar-refractivity contribution < 1.29 is 4.74 Å². The van der Waals surface area contributed by atoms with Crippen LogP contribution in [0, 0.1) is 0 Å². The van der Waals surface area contributed by atoms with Gasteiger partial charge in [0.05, 0.1) is 12.3 Å². The van der Waals surface area contributed by atoms with Crippen molar-refractivity contribution in [3.8, 4) is 0 Å². The van der Waals surface area contributed by atoms with Crippen LogP contribution in [0.3, 0.4) is 0 Å². The first-order valence-corrected chi connectivity index (χ1v) is 6.94. The molecule has 1 N–H and O–H groups in total. The van der Waals surface area contributed by atoms with E-state index in [2.05, 4.69) is 30.5 Å². The van der Waals surface area contributed by atoms with Crippen LogP contribution in [-0.2, 0) is 18.2 Å². The highest BCUT2D eigenvalue weighted by Crippen LogP contribution is 2.13. The van der Waals surface area contributed by atoms with Crippen molar-refractivity contribution >= 4 is 0 Å². The molecular formula is C14H27N3O. The van der Waals surface area contributed by atoms with E-state index < -0.39 is 0 Å². The average Bonchev–Trinajstić information content (AvgIpc) is 2.78. The Bertz CT molecular complexity index is 325. The number of ether oxygens (including phenoxy) is 1. The molecule has 1 aromatic rings. The van der Waals surface area contributed by atoms with Gasteiger partial charge in [0, 0.05) is 26.4 Å². The maximum absolute atomic E-state index is 5.62. The van der Waals surface area contributed by atoms with Crippen molar-refractivity contribution in [2.75, 3.05) is 13.7 Å². The molecule has 104 valence electrons. The standard InChI is InChI=1S/C14H27N3O/c1-5-7-14(18-4)13(15-6-2)9-8-12-10-16-17(3)11-12/h10-11,13-15H,5-9H2,1-4H3. The van der Waals surface area contributed by atoms with Crippen LogP contribution in [0.1, 0.15) is 38.7 Å². The first kappa shape index (κ1) is 15.2. The van der Waals surface area contributed by atoms with Crippen LogP contribution in [0.2, 0.25) is 0 Å². The molecular weight excluding hydrogens is 226 g/mol. The summed E-state index contributed by atoms with van der Waals surface area (Å²) in [6.07, 6.45) is 8.77. The molecule has 0 bridgehead atoms. The number of likely N-dealkylation sites (N-methyl/N-ethyl adjacent to an activating group) is 1. The predicted octanol–water partition coefficient (Wildman–Crippen LogP) is 2.15. The van der Waals surface area contributed by atoms with Gasteiger partial charge in [-0.1, -0.05) is 20.3 Å². The molecule has 2 unspecified atom stereocenters. The number of hydrogen-bond donors (Lipinski definition) is 1. The molecule has 0 amide bonds. The fourth-order valence-corrected chi connectivity index (χ4v) is 2.37. The van der Waals surface area contributed by atoms with Gasteiger partial charge in [0.15, 0.2) is 0 Å². The van der Waals surface area contributed by atoms with E-state index in [1.807, 2.05) is 25.0 Å². The van der Waals surface area contributed by atoms with Crippen LogP contribution in [0.4, 0.5) is 0 Å². The van der Waals surface area contributed by atoms with E-state index >= 15 is 0 Å². The zero-order valence-electron chi connectivity index (χ0n) is 12.1. The van der Waals surface area contributed by atoms with E-state index in [-0.39, 0.29) is 0 Å². The third kappa shape index (κ3) is 4.78. The summed E-state index contributed by atoms with van der Waals surface area (Å²) in [5.41, 5.74) is 1.30. The Morgan fingerprint density at radius 2 is 2.17 bits per heavy atom. The van der Waals surface area contributed by atoms with Gasteiger partial charge in [0.25, 0.3) is 0 Å². The summed E-state index contributed by atoms with van der Waals surface area (Å²) in [6.45, 7) is 5.34. The highest BCUT2D eigenvalue weighted by atomic mass is 16.5. The molecule has 1 aromatic heterocycles. The Morgan fingerprint density at radius 3 is 2.67 bits per heavy atom. The zero-order valence-corrected chi connectivity index (χ0v) is 12.1. The second-order valence-electron chi connectivity index (χ2n) is 4.79. The molecule has 0 saturated heterocycles. The van der Waals surface area contributed by atoms with Gasteiger partial charge in [-0.2, -0.15) is 5.10 Å². The zero-order chi connectivity index (χ0) is 13.4. The van der Waals surface area contributed by atoms with E-state index in [0.29, 0.717) is 12.1 Å². The first-order chi connectivity index (χ1) is 8.71. The average molecular weight is 253 g/mol. The van der Waals surface area contributed by atoms with E-state index in [1.54, 1.807) is 0 Å². The minimum atomic E-state index is 0.312. The van der Waals surface area contributed by atoms with E-state index in [0.717, 1.165) is 32.2 Å². The highest BCUT2D eigenvalue weighted by molar-refractivity contribution is 5.04. The molecule has 0 aliphatic carbocycles. The lowest BCUT2D eigenvalue weighted by molar-refractivity contribution is 0.0587. The summed E-state index contributed by atoms with van der Waals surface area (Å²) in [5, 5.41) is 7.75. The summed E-state index contributed by atoms with van der Waals surface area (Å²) in [6, 6.07) is 0.431. The second kappa shape index (κ2) is 8.27. The molecule has 2 atom stereocenters. The highest BCUT2D eigenvalue weighted by Gasteiger charge is 2.19. The summed E-state index contributed by atoms with van der Waals surface area (Å²) in [4.78, 5) is 0. The Labute approximate surface area is 111 Å². The molecule has 1 rings (SSSR count). The number of rotatable bonds is 9. The van der Waals surface area contributed by atoms with Crippen molar-refractivity contribution in [2.45, 2.75) is 51.7 Å². The first-order valence-electron chi connectivity index (χ1n) is 6.94. The summed E-state index contributed by atoms with van der Waals surface area (Å²) in [7, 11) is 3.77. The number of aryl methyl sites for hydroxylation is 2. The summed E-state index contributed by atoms with van der Waals surface area (Å²) in [5.74, 6) is 0. The minimum Gasteiger partial charge on any atom is -0.380 e. The molecule has 0 saturated carbocycles. The molecule has 0 radical (unpaired) electrons. The van der Waals surface area contributed by atoms with Crippen molar-refractivity contribution in [1.82, 2.24) is 15.1 Å². The van der Waals surface area contributed by atoms with E-state index in [9.17, 15) is 0 Å². The smallest absolute Gasteiger partial charge is 0.0724 e. The predicted molar refractivity (Wildman–Crippen MR) is 74.7 cm³/mol. The number of methoxy groups -OCH3 is 1. The van der Waals surface area contributed by atoms with Gasteiger partial charge in [-0.3, -0.25) is 4.68 Å². The molecule has 1 heterocycles. The van der Waals surface area contributed by atoms with Gasteiger partial charge >= 0.3 is 0 Å². The maximum Gasteiger partial charge on any atom is 0.0724 e. The monoisotopic (exact) mass is 253 g/mol. The van der Waals surface area contributed by atoms with Crippen molar-refractivity contribution in [1.29, 1.82) is 0 Å². The SMILES string of the molecule is CCCC(OC)C(CCc1cnn(C)c1)NCC. The van der Waals surface area contributed by atoms with Crippen molar-refractivity contribution in [3.05, 3.63) is 18.0 Å². The van der Waals surface area contributed by atoms with Gasteiger partial charge in [-0.05, 0) is 31.4 Å². The fourth-order valence-electron chi connectivity index (χ4n) is 2.37. The molecule has 0 fully saturated rings. The number of nitrogens with one attached hydrogen (secondary N) is 1. The van der Waals surface area contributed by atoms with Gasteiger partial charge in [0.2, 0.25) is 0 Å². The molecule has 0 aromatic carbocycles. The third-order valence-electron chi connectivity index (χ3n) is 3.29. The van der Waals surface area contributed by atoms with Gasteiger partial charge in [0.1, 0.15) is 0 Å². The van der Waals surface area contributed by atoms with Crippen molar-refractivity contribution in [2.24, 2.45) is 7.05 Å². The van der Waals surface area contributed by atoms with Gasteiger partial charge < -0.3 is 10.1 Å². The van der Waals surface area contributed by atoms with Crippen LogP contribution in [0.15, 0.2) is 12.4 Å². The third-order valence-corrected chi connectivity index (χ3v) is 3.29.